The molecular formula is C16H24FN3O. The van der Waals surface area contributed by atoms with Crippen LogP contribution in [0.5, 0.6) is 0 Å². The fourth-order valence-electron chi connectivity index (χ4n) is 2.85. The van der Waals surface area contributed by atoms with E-state index in [1.165, 1.54) is 6.07 Å². The fraction of sp³-hybridized carbons (Fsp3) is 0.562. The molecule has 0 saturated carbocycles. The highest BCUT2D eigenvalue weighted by atomic mass is 19.1. The van der Waals surface area contributed by atoms with Gasteiger partial charge in [0.1, 0.15) is 5.82 Å². The molecule has 0 radical (unpaired) electrons. The fourth-order valence-corrected chi connectivity index (χ4v) is 2.85. The first-order valence-electron chi connectivity index (χ1n) is 7.56. The number of likely N-dealkylation sites (N-methyl/N-ethyl adjacent to an activating group) is 1. The van der Waals surface area contributed by atoms with Crippen LogP contribution in [0, 0.1) is 5.82 Å². The maximum Gasteiger partial charge on any atom is 0.236 e. The van der Waals surface area contributed by atoms with Gasteiger partial charge in [-0.3, -0.25) is 9.69 Å². The summed E-state index contributed by atoms with van der Waals surface area (Å²) in [5.74, 6) is -0.0818. The Morgan fingerprint density at radius 3 is 2.76 bits per heavy atom. The van der Waals surface area contributed by atoms with Crippen LogP contribution >= 0.6 is 0 Å². The first-order valence-corrected chi connectivity index (χ1v) is 7.56. The van der Waals surface area contributed by atoms with Crippen LogP contribution in [0.3, 0.4) is 0 Å². The lowest BCUT2D eigenvalue weighted by molar-refractivity contribution is -0.133. The van der Waals surface area contributed by atoms with Crippen LogP contribution < -0.4 is 5.32 Å². The number of nitrogens with one attached hydrogen (secondary N) is 1. The molecule has 1 aliphatic rings. The lowest BCUT2D eigenvalue weighted by Gasteiger charge is -2.32. The molecule has 1 unspecified atom stereocenters. The zero-order valence-corrected chi connectivity index (χ0v) is 12.8. The smallest absolute Gasteiger partial charge is 0.236 e. The minimum atomic E-state index is -0.229. The van der Waals surface area contributed by atoms with Crippen molar-refractivity contribution in [1.82, 2.24) is 15.1 Å². The predicted octanol–water partition coefficient (Wildman–Crippen LogP) is 1.64. The third kappa shape index (κ3) is 4.25. The van der Waals surface area contributed by atoms with Gasteiger partial charge in [0.15, 0.2) is 0 Å². The second kappa shape index (κ2) is 7.52. The van der Waals surface area contributed by atoms with Gasteiger partial charge in [0, 0.05) is 32.2 Å². The number of benzene rings is 1. The van der Waals surface area contributed by atoms with E-state index in [0.717, 1.165) is 38.2 Å². The van der Waals surface area contributed by atoms with Crippen LogP contribution in [0.25, 0.3) is 0 Å². The summed E-state index contributed by atoms with van der Waals surface area (Å²) in [5.41, 5.74) is 0.924. The van der Waals surface area contributed by atoms with Crippen molar-refractivity contribution in [3.63, 3.8) is 0 Å². The van der Waals surface area contributed by atoms with Crippen LogP contribution in [-0.2, 0) is 4.79 Å². The molecule has 1 amide bonds. The standard InChI is InChI=1S/C16H24FN3O/c1-3-15(13-5-4-6-14(17)11-13)19(2)12-16(21)20-9-7-18-8-10-20/h4-6,11,15,18H,3,7-10,12H2,1-2H3. The predicted molar refractivity (Wildman–Crippen MR) is 81.5 cm³/mol. The number of hydrogen-bond acceptors (Lipinski definition) is 3. The number of carbonyl (C=O) groups excluding carboxylic acids is 1. The van der Waals surface area contributed by atoms with Gasteiger partial charge in [-0.15, -0.1) is 0 Å². The van der Waals surface area contributed by atoms with Crippen LogP contribution in [0.2, 0.25) is 0 Å². The minimum Gasteiger partial charge on any atom is -0.339 e. The molecule has 1 aliphatic heterocycles. The molecule has 21 heavy (non-hydrogen) atoms. The average Bonchev–Trinajstić information content (AvgIpc) is 2.49. The number of carbonyl (C=O) groups is 1. The molecule has 0 bridgehead atoms. The largest absolute Gasteiger partial charge is 0.339 e. The van der Waals surface area contributed by atoms with Crippen molar-refractivity contribution in [2.45, 2.75) is 19.4 Å². The molecule has 1 atom stereocenters. The van der Waals surface area contributed by atoms with Crippen molar-refractivity contribution >= 4 is 5.91 Å². The van der Waals surface area contributed by atoms with Gasteiger partial charge in [-0.2, -0.15) is 0 Å². The molecule has 2 rings (SSSR count). The number of halogens is 1. The Kier molecular flexibility index (Phi) is 5.70. The molecule has 4 nitrogen and oxygen atoms in total. The molecule has 1 N–H and O–H groups in total. The number of hydrogen-bond donors (Lipinski definition) is 1. The van der Waals surface area contributed by atoms with E-state index in [1.807, 2.05) is 22.9 Å². The lowest BCUT2D eigenvalue weighted by Crippen LogP contribution is -2.49. The van der Waals surface area contributed by atoms with Crippen molar-refractivity contribution in [1.29, 1.82) is 0 Å². The normalized spacial score (nSPS) is 17.0. The Labute approximate surface area is 125 Å². The number of amides is 1. The van der Waals surface area contributed by atoms with Gasteiger partial charge in [-0.1, -0.05) is 19.1 Å². The molecule has 0 aromatic heterocycles. The molecular weight excluding hydrogens is 269 g/mol. The highest BCUT2D eigenvalue weighted by Gasteiger charge is 2.22. The summed E-state index contributed by atoms with van der Waals surface area (Å²) < 4.78 is 13.4. The van der Waals surface area contributed by atoms with Crippen LogP contribution in [0.4, 0.5) is 4.39 Å². The van der Waals surface area contributed by atoms with Gasteiger partial charge in [-0.25, -0.2) is 4.39 Å². The zero-order chi connectivity index (χ0) is 15.2. The van der Waals surface area contributed by atoms with E-state index < -0.39 is 0 Å². The third-order valence-electron chi connectivity index (χ3n) is 4.01. The summed E-state index contributed by atoms with van der Waals surface area (Å²) in [6.45, 7) is 5.68. The molecule has 0 spiro atoms. The van der Waals surface area contributed by atoms with E-state index in [2.05, 4.69) is 12.2 Å². The molecule has 1 fully saturated rings. The number of nitrogens with zero attached hydrogens (tertiary/aromatic N) is 2. The van der Waals surface area contributed by atoms with E-state index in [-0.39, 0.29) is 17.8 Å². The molecule has 0 aliphatic carbocycles. The van der Waals surface area contributed by atoms with Crippen molar-refractivity contribution in [3.05, 3.63) is 35.6 Å². The van der Waals surface area contributed by atoms with Gasteiger partial charge in [0.2, 0.25) is 5.91 Å². The Hall–Kier alpha value is -1.46. The molecule has 1 heterocycles. The summed E-state index contributed by atoms with van der Waals surface area (Å²) in [6.07, 6.45) is 0.842. The summed E-state index contributed by atoms with van der Waals surface area (Å²) in [5, 5.41) is 3.24. The lowest BCUT2D eigenvalue weighted by atomic mass is 10.0. The maximum atomic E-state index is 13.4. The van der Waals surface area contributed by atoms with Gasteiger partial charge in [0.25, 0.3) is 0 Å². The third-order valence-corrected chi connectivity index (χ3v) is 4.01. The highest BCUT2D eigenvalue weighted by molar-refractivity contribution is 5.78. The Morgan fingerprint density at radius 2 is 2.14 bits per heavy atom. The SMILES string of the molecule is CCC(c1cccc(F)c1)N(C)CC(=O)N1CCNCC1. The van der Waals surface area contributed by atoms with E-state index in [9.17, 15) is 9.18 Å². The van der Waals surface area contributed by atoms with Crippen LogP contribution in [0.15, 0.2) is 24.3 Å². The molecule has 1 aromatic rings. The summed E-state index contributed by atoms with van der Waals surface area (Å²) in [4.78, 5) is 16.2. The van der Waals surface area contributed by atoms with Crippen LogP contribution in [0.1, 0.15) is 24.9 Å². The first kappa shape index (κ1) is 15.9. The Bertz CT molecular complexity index is 474. The van der Waals surface area contributed by atoms with Crippen molar-refractivity contribution < 1.29 is 9.18 Å². The van der Waals surface area contributed by atoms with Gasteiger partial charge in [0.05, 0.1) is 6.54 Å². The molecule has 5 heteroatoms. The van der Waals surface area contributed by atoms with E-state index in [4.69, 9.17) is 0 Å². The number of rotatable bonds is 5. The quantitative estimate of drug-likeness (QED) is 0.896. The second-order valence-electron chi connectivity index (χ2n) is 5.52. The Morgan fingerprint density at radius 1 is 1.43 bits per heavy atom. The second-order valence-corrected chi connectivity index (χ2v) is 5.52. The van der Waals surface area contributed by atoms with Gasteiger partial charge in [-0.05, 0) is 31.2 Å². The van der Waals surface area contributed by atoms with Crippen molar-refractivity contribution in [2.75, 3.05) is 39.8 Å². The molecule has 1 aromatic carbocycles. The minimum absolute atomic E-state index is 0.0626. The molecule has 116 valence electrons. The number of piperazine rings is 1. The topological polar surface area (TPSA) is 35.6 Å². The molecule has 1 saturated heterocycles. The summed E-state index contributed by atoms with van der Waals surface area (Å²) >= 11 is 0. The Balaban J connectivity index is 1.99. The monoisotopic (exact) mass is 293 g/mol. The first-order chi connectivity index (χ1) is 10.1. The van der Waals surface area contributed by atoms with Crippen LogP contribution in [-0.4, -0.2) is 55.5 Å². The van der Waals surface area contributed by atoms with E-state index >= 15 is 0 Å². The van der Waals surface area contributed by atoms with E-state index in [0.29, 0.717) is 6.54 Å². The zero-order valence-electron chi connectivity index (χ0n) is 12.8. The van der Waals surface area contributed by atoms with Gasteiger partial charge >= 0.3 is 0 Å². The average molecular weight is 293 g/mol. The maximum absolute atomic E-state index is 13.4. The summed E-state index contributed by atoms with van der Waals surface area (Å²) in [7, 11) is 1.93. The van der Waals surface area contributed by atoms with Crippen molar-refractivity contribution in [3.8, 4) is 0 Å². The highest BCUT2D eigenvalue weighted by Crippen LogP contribution is 2.23. The van der Waals surface area contributed by atoms with E-state index in [1.54, 1.807) is 12.1 Å². The summed E-state index contributed by atoms with van der Waals surface area (Å²) in [6, 6.07) is 6.71. The van der Waals surface area contributed by atoms with Crippen molar-refractivity contribution in [2.24, 2.45) is 0 Å². The van der Waals surface area contributed by atoms with Gasteiger partial charge < -0.3 is 10.2 Å².